The molecule has 24 heavy (non-hydrogen) atoms. The molecule has 0 spiro atoms. The van der Waals surface area contributed by atoms with E-state index in [4.69, 9.17) is 10.00 Å². The largest absolute Gasteiger partial charge is 0.497 e. The van der Waals surface area contributed by atoms with E-state index in [1.165, 1.54) is 11.8 Å². The summed E-state index contributed by atoms with van der Waals surface area (Å²) >= 11 is 0. The van der Waals surface area contributed by atoms with E-state index < -0.39 is 0 Å². The molecule has 1 aliphatic rings. The Morgan fingerprint density at radius 1 is 1.29 bits per heavy atom. The van der Waals surface area contributed by atoms with Gasteiger partial charge in [-0.05, 0) is 43.6 Å². The molecule has 0 aliphatic carbocycles. The number of anilines is 1. The van der Waals surface area contributed by atoms with Crippen LogP contribution in [0.25, 0.3) is 0 Å². The van der Waals surface area contributed by atoms with Gasteiger partial charge in [-0.25, -0.2) is 9.97 Å². The zero-order valence-corrected chi connectivity index (χ0v) is 13.9. The fourth-order valence-corrected chi connectivity index (χ4v) is 3.34. The Balaban J connectivity index is 1.73. The lowest BCUT2D eigenvalue weighted by molar-refractivity contribution is 0.281. The van der Waals surface area contributed by atoms with Gasteiger partial charge in [-0.15, -0.1) is 0 Å². The van der Waals surface area contributed by atoms with Crippen LogP contribution in [-0.2, 0) is 0 Å². The van der Waals surface area contributed by atoms with Crippen molar-refractivity contribution in [3.05, 3.63) is 47.9 Å². The number of nitrogens with one attached hydrogen (secondary N) is 1. The number of nitriles is 1. The van der Waals surface area contributed by atoms with Gasteiger partial charge in [0.15, 0.2) is 11.5 Å². The molecule has 2 aromatic rings. The van der Waals surface area contributed by atoms with Gasteiger partial charge in [-0.2, -0.15) is 5.26 Å². The Morgan fingerprint density at radius 3 is 2.75 bits per heavy atom. The Labute approximate surface area is 142 Å². The van der Waals surface area contributed by atoms with Crippen molar-refractivity contribution in [1.82, 2.24) is 14.9 Å². The van der Waals surface area contributed by atoms with Crippen LogP contribution in [-0.4, -0.2) is 42.1 Å². The van der Waals surface area contributed by atoms with Crippen molar-refractivity contribution in [2.45, 2.75) is 12.5 Å². The molecule has 1 saturated heterocycles. The minimum Gasteiger partial charge on any atom is -0.497 e. The lowest BCUT2D eigenvalue weighted by Crippen LogP contribution is -2.25. The SMILES string of the molecule is COc1ccc([C@@H]2[C@H](CNc3nccnc3C#N)CCN2C)cc1. The minimum absolute atomic E-state index is 0.338. The smallest absolute Gasteiger partial charge is 0.182 e. The molecule has 6 heteroatoms. The molecular formula is C18H21N5O. The van der Waals surface area contributed by atoms with Crippen molar-refractivity contribution < 1.29 is 4.74 Å². The summed E-state index contributed by atoms with van der Waals surface area (Å²) in [6.07, 6.45) is 4.24. The van der Waals surface area contributed by atoms with Crippen molar-refractivity contribution in [1.29, 1.82) is 5.26 Å². The van der Waals surface area contributed by atoms with E-state index in [0.29, 0.717) is 23.5 Å². The third kappa shape index (κ3) is 3.31. The van der Waals surface area contributed by atoms with Crippen molar-refractivity contribution in [3.8, 4) is 11.8 Å². The number of rotatable bonds is 5. The van der Waals surface area contributed by atoms with Gasteiger partial charge in [0.2, 0.25) is 0 Å². The number of aromatic nitrogens is 2. The van der Waals surface area contributed by atoms with Crippen molar-refractivity contribution in [2.75, 3.05) is 32.6 Å². The van der Waals surface area contributed by atoms with E-state index in [0.717, 1.165) is 25.3 Å². The molecule has 1 fully saturated rings. The Morgan fingerprint density at radius 2 is 2.04 bits per heavy atom. The number of hydrogen-bond acceptors (Lipinski definition) is 6. The highest BCUT2D eigenvalue weighted by Crippen LogP contribution is 2.36. The van der Waals surface area contributed by atoms with Crippen LogP contribution < -0.4 is 10.1 Å². The fourth-order valence-electron chi connectivity index (χ4n) is 3.34. The molecule has 1 N–H and O–H groups in total. The lowest BCUT2D eigenvalue weighted by Gasteiger charge is -2.26. The molecule has 3 rings (SSSR count). The van der Waals surface area contributed by atoms with Crippen LogP contribution >= 0.6 is 0 Å². The first kappa shape index (κ1) is 16.2. The topological polar surface area (TPSA) is 74.1 Å². The average molecular weight is 323 g/mol. The third-order valence-corrected chi connectivity index (χ3v) is 4.57. The van der Waals surface area contributed by atoms with Gasteiger partial charge >= 0.3 is 0 Å². The summed E-state index contributed by atoms with van der Waals surface area (Å²) in [5, 5.41) is 12.4. The first-order valence-electron chi connectivity index (χ1n) is 8.02. The van der Waals surface area contributed by atoms with Gasteiger partial charge in [0.25, 0.3) is 0 Å². The zero-order chi connectivity index (χ0) is 16.9. The van der Waals surface area contributed by atoms with E-state index in [1.54, 1.807) is 13.3 Å². The summed E-state index contributed by atoms with van der Waals surface area (Å²) in [4.78, 5) is 10.6. The minimum atomic E-state index is 0.338. The molecule has 0 radical (unpaired) electrons. The van der Waals surface area contributed by atoms with Crippen molar-refractivity contribution in [2.24, 2.45) is 5.92 Å². The highest BCUT2D eigenvalue weighted by Gasteiger charge is 2.32. The van der Waals surface area contributed by atoms with E-state index >= 15 is 0 Å². The molecule has 1 aromatic heterocycles. The first-order valence-corrected chi connectivity index (χ1v) is 8.02. The third-order valence-electron chi connectivity index (χ3n) is 4.57. The summed E-state index contributed by atoms with van der Waals surface area (Å²) in [5.41, 5.74) is 1.62. The van der Waals surface area contributed by atoms with Gasteiger partial charge in [0, 0.05) is 25.0 Å². The maximum atomic E-state index is 9.12. The van der Waals surface area contributed by atoms with Gasteiger partial charge in [-0.3, -0.25) is 4.90 Å². The Hall–Kier alpha value is -2.65. The summed E-state index contributed by atoms with van der Waals surface area (Å²) in [7, 11) is 3.83. The molecule has 0 saturated carbocycles. The van der Waals surface area contributed by atoms with E-state index in [9.17, 15) is 0 Å². The van der Waals surface area contributed by atoms with E-state index in [2.05, 4.69) is 45.4 Å². The van der Waals surface area contributed by atoms with Crippen LogP contribution in [0.5, 0.6) is 5.75 Å². The number of benzene rings is 1. The van der Waals surface area contributed by atoms with Crippen LogP contribution in [0, 0.1) is 17.2 Å². The van der Waals surface area contributed by atoms with Crippen LogP contribution in [0.1, 0.15) is 23.7 Å². The number of hydrogen-bond donors (Lipinski definition) is 1. The zero-order valence-electron chi connectivity index (χ0n) is 13.9. The summed E-state index contributed by atoms with van der Waals surface area (Å²) in [5.74, 6) is 1.87. The number of nitrogens with zero attached hydrogens (tertiary/aromatic N) is 4. The first-order chi connectivity index (χ1) is 11.7. The van der Waals surface area contributed by atoms with Crippen molar-refractivity contribution in [3.63, 3.8) is 0 Å². The molecule has 2 atom stereocenters. The van der Waals surface area contributed by atoms with Crippen molar-refractivity contribution >= 4 is 5.82 Å². The van der Waals surface area contributed by atoms with Crippen LogP contribution in [0.2, 0.25) is 0 Å². The normalized spacial score (nSPS) is 20.5. The van der Waals surface area contributed by atoms with E-state index in [-0.39, 0.29) is 0 Å². The second-order valence-corrected chi connectivity index (χ2v) is 5.99. The predicted octanol–water partition coefficient (Wildman–Crippen LogP) is 2.46. The van der Waals surface area contributed by atoms with Gasteiger partial charge in [-0.1, -0.05) is 12.1 Å². The monoisotopic (exact) mass is 323 g/mol. The molecule has 2 heterocycles. The predicted molar refractivity (Wildman–Crippen MR) is 91.7 cm³/mol. The fraction of sp³-hybridized carbons (Fsp3) is 0.389. The molecule has 0 unspecified atom stereocenters. The number of likely N-dealkylation sites (tertiary alicyclic amines) is 1. The summed E-state index contributed by atoms with van der Waals surface area (Å²) in [6, 6.07) is 10.7. The molecule has 1 aliphatic heterocycles. The summed E-state index contributed by atoms with van der Waals surface area (Å²) < 4.78 is 5.24. The quantitative estimate of drug-likeness (QED) is 0.911. The molecule has 124 valence electrons. The maximum absolute atomic E-state index is 9.12. The molecule has 0 bridgehead atoms. The van der Waals surface area contributed by atoms with Crippen LogP contribution in [0.15, 0.2) is 36.7 Å². The molecule has 0 amide bonds. The second-order valence-electron chi connectivity index (χ2n) is 5.99. The van der Waals surface area contributed by atoms with Crippen LogP contribution in [0.4, 0.5) is 5.82 Å². The molecule has 6 nitrogen and oxygen atoms in total. The highest BCUT2D eigenvalue weighted by atomic mass is 16.5. The Bertz CT molecular complexity index is 725. The highest BCUT2D eigenvalue weighted by molar-refractivity contribution is 5.46. The molecular weight excluding hydrogens is 302 g/mol. The van der Waals surface area contributed by atoms with Crippen LogP contribution in [0.3, 0.4) is 0 Å². The number of methoxy groups -OCH3 is 1. The second kappa shape index (κ2) is 7.28. The Kier molecular flexibility index (Phi) is 4.92. The van der Waals surface area contributed by atoms with Gasteiger partial charge < -0.3 is 10.1 Å². The number of ether oxygens (including phenoxy) is 1. The molecule has 1 aromatic carbocycles. The maximum Gasteiger partial charge on any atom is 0.182 e. The van der Waals surface area contributed by atoms with E-state index in [1.807, 2.05) is 12.1 Å². The average Bonchev–Trinajstić information content (AvgIpc) is 3.00. The van der Waals surface area contributed by atoms with Gasteiger partial charge in [0.05, 0.1) is 7.11 Å². The summed E-state index contributed by atoms with van der Waals surface area (Å²) in [6.45, 7) is 1.81. The standard InChI is InChI=1S/C18H21N5O/c1-23-10-7-14(12-22-18-16(11-19)20-8-9-21-18)17(23)13-3-5-15(24-2)6-4-13/h3-6,8-9,14,17H,7,10,12H2,1-2H3,(H,21,22)/t14-,17+/m0/s1. The lowest BCUT2D eigenvalue weighted by atomic mass is 9.93. The van der Waals surface area contributed by atoms with Gasteiger partial charge in [0.1, 0.15) is 11.8 Å².